The summed E-state index contributed by atoms with van der Waals surface area (Å²) in [4.78, 5) is 29.0. The Balaban J connectivity index is 2.34. The number of aryl methyl sites for hydroxylation is 1. The predicted molar refractivity (Wildman–Crippen MR) is 73.5 cm³/mol. The first-order valence-electron chi connectivity index (χ1n) is 5.71. The number of pyridine rings is 1. The zero-order valence-electron chi connectivity index (χ0n) is 10.5. The molecule has 2 heterocycles. The monoisotopic (exact) mass is 300 g/mol. The summed E-state index contributed by atoms with van der Waals surface area (Å²) in [6.07, 6.45) is 1.40. The van der Waals surface area contributed by atoms with E-state index in [-0.39, 0.29) is 16.8 Å². The highest BCUT2D eigenvalue weighted by atomic mass is 35.5. The highest BCUT2D eigenvalue weighted by molar-refractivity contribution is 8.00. The maximum absolute atomic E-state index is 12.4. The van der Waals surface area contributed by atoms with Gasteiger partial charge in [-0.3, -0.25) is 9.78 Å². The van der Waals surface area contributed by atoms with Crippen molar-refractivity contribution < 1.29 is 14.7 Å². The van der Waals surface area contributed by atoms with E-state index in [0.29, 0.717) is 16.5 Å². The Morgan fingerprint density at radius 3 is 2.84 bits per heavy atom. The number of rotatable bonds is 2. The van der Waals surface area contributed by atoms with E-state index in [1.165, 1.54) is 22.9 Å². The molecule has 1 fully saturated rings. The summed E-state index contributed by atoms with van der Waals surface area (Å²) >= 11 is 7.47. The van der Waals surface area contributed by atoms with Gasteiger partial charge in [0.15, 0.2) is 0 Å². The molecule has 1 aromatic heterocycles. The third-order valence-corrected chi connectivity index (χ3v) is 4.49. The van der Waals surface area contributed by atoms with E-state index in [0.717, 1.165) is 0 Å². The number of carbonyl (C=O) groups is 2. The van der Waals surface area contributed by atoms with Crippen LogP contribution in [0.15, 0.2) is 12.3 Å². The number of hydrogen-bond acceptors (Lipinski definition) is 4. The fraction of sp³-hybridized carbons (Fsp3) is 0.417. The molecule has 2 unspecified atom stereocenters. The highest BCUT2D eigenvalue weighted by Gasteiger charge is 2.40. The second-order valence-corrected chi connectivity index (χ2v) is 6.06. The quantitative estimate of drug-likeness (QED) is 0.905. The van der Waals surface area contributed by atoms with Crippen LogP contribution in [-0.2, 0) is 4.79 Å². The molecule has 19 heavy (non-hydrogen) atoms. The summed E-state index contributed by atoms with van der Waals surface area (Å²) in [7, 11) is 0. The third-order valence-electron chi connectivity index (χ3n) is 2.96. The molecular formula is C12H13ClN2O3S. The molecule has 0 spiro atoms. The summed E-state index contributed by atoms with van der Waals surface area (Å²) < 4.78 is 0. The maximum atomic E-state index is 12.4. The van der Waals surface area contributed by atoms with Crippen LogP contribution in [0.1, 0.15) is 23.0 Å². The molecule has 1 amide bonds. The third kappa shape index (κ3) is 2.69. The molecule has 0 radical (unpaired) electrons. The van der Waals surface area contributed by atoms with Crippen LogP contribution in [0.3, 0.4) is 0 Å². The van der Waals surface area contributed by atoms with Crippen LogP contribution in [-0.4, -0.2) is 44.0 Å². The van der Waals surface area contributed by atoms with Gasteiger partial charge in [0.25, 0.3) is 5.91 Å². The van der Waals surface area contributed by atoms with Gasteiger partial charge in [-0.05, 0) is 19.9 Å². The molecule has 1 N–H and O–H groups in total. The van der Waals surface area contributed by atoms with Crippen molar-refractivity contribution in [3.63, 3.8) is 0 Å². The predicted octanol–water partition coefficient (Wildman–Crippen LogP) is 2.03. The normalized spacial score (nSPS) is 22.6. The van der Waals surface area contributed by atoms with E-state index in [1.54, 1.807) is 19.9 Å². The summed E-state index contributed by atoms with van der Waals surface area (Å²) in [5.41, 5.74) is 0.952. The van der Waals surface area contributed by atoms with Crippen molar-refractivity contribution in [2.45, 2.75) is 25.3 Å². The minimum Gasteiger partial charge on any atom is -0.480 e. The van der Waals surface area contributed by atoms with Gasteiger partial charge in [-0.25, -0.2) is 4.79 Å². The number of aliphatic carboxylic acids is 1. The number of carboxylic acids is 1. The molecule has 2 atom stereocenters. The van der Waals surface area contributed by atoms with E-state index >= 15 is 0 Å². The van der Waals surface area contributed by atoms with Crippen LogP contribution in [0.2, 0.25) is 5.02 Å². The Labute approximate surface area is 120 Å². The first kappa shape index (κ1) is 14.1. The van der Waals surface area contributed by atoms with Gasteiger partial charge >= 0.3 is 5.97 Å². The summed E-state index contributed by atoms with van der Waals surface area (Å²) in [5.74, 6) is -0.997. The lowest BCUT2D eigenvalue weighted by atomic mass is 10.2. The lowest BCUT2D eigenvalue weighted by molar-refractivity contribution is -0.141. The Morgan fingerprint density at radius 1 is 1.58 bits per heavy atom. The molecule has 7 heteroatoms. The fourth-order valence-corrected chi connectivity index (χ4v) is 3.42. The maximum Gasteiger partial charge on any atom is 0.327 e. The Morgan fingerprint density at radius 2 is 2.26 bits per heavy atom. The van der Waals surface area contributed by atoms with Crippen molar-refractivity contribution in [2.24, 2.45) is 0 Å². The topological polar surface area (TPSA) is 70.5 Å². The zero-order valence-corrected chi connectivity index (χ0v) is 12.0. The van der Waals surface area contributed by atoms with Crippen LogP contribution in [0, 0.1) is 6.92 Å². The van der Waals surface area contributed by atoms with Crippen molar-refractivity contribution in [1.82, 2.24) is 9.88 Å². The van der Waals surface area contributed by atoms with Gasteiger partial charge in [-0.15, -0.1) is 11.8 Å². The number of aromatic nitrogens is 1. The van der Waals surface area contributed by atoms with Gasteiger partial charge < -0.3 is 10.0 Å². The average Bonchev–Trinajstić information content (AvgIpc) is 2.70. The van der Waals surface area contributed by atoms with Gasteiger partial charge in [-0.2, -0.15) is 0 Å². The van der Waals surface area contributed by atoms with E-state index in [4.69, 9.17) is 16.7 Å². The number of nitrogens with zero attached hydrogens (tertiary/aromatic N) is 2. The smallest absolute Gasteiger partial charge is 0.327 e. The largest absolute Gasteiger partial charge is 0.480 e. The lowest BCUT2D eigenvalue weighted by Crippen LogP contribution is -2.44. The van der Waals surface area contributed by atoms with Crippen molar-refractivity contribution in [3.8, 4) is 0 Å². The van der Waals surface area contributed by atoms with Crippen LogP contribution in [0.5, 0.6) is 0 Å². The van der Waals surface area contributed by atoms with Crippen molar-refractivity contribution in [3.05, 3.63) is 28.5 Å². The second kappa shape index (κ2) is 5.38. The van der Waals surface area contributed by atoms with Gasteiger partial charge in [0.05, 0.1) is 16.0 Å². The molecule has 2 rings (SSSR count). The molecule has 5 nitrogen and oxygen atoms in total. The molecule has 1 aromatic rings. The minimum atomic E-state index is -0.999. The van der Waals surface area contributed by atoms with Crippen molar-refractivity contribution >= 4 is 35.2 Å². The van der Waals surface area contributed by atoms with E-state index in [2.05, 4.69) is 4.98 Å². The number of thioether (sulfide) groups is 1. The van der Waals surface area contributed by atoms with Gasteiger partial charge in [-0.1, -0.05) is 11.6 Å². The van der Waals surface area contributed by atoms with Gasteiger partial charge in [0.2, 0.25) is 0 Å². The van der Waals surface area contributed by atoms with Gasteiger partial charge in [0, 0.05) is 17.6 Å². The Kier molecular flexibility index (Phi) is 4.01. The molecule has 0 saturated carbocycles. The standard InChI is InChI=1S/C12H13ClN2O3S/c1-6-3-9(13)8(4-14-6)11(16)15-7(2)19-5-10(15)12(17)18/h3-4,7,10H,5H2,1-2H3,(H,17,18). The molecule has 0 aromatic carbocycles. The van der Waals surface area contributed by atoms with E-state index in [9.17, 15) is 9.59 Å². The number of carbonyl (C=O) groups excluding carboxylic acids is 1. The molecule has 0 aliphatic carbocycles. The first-order chi connectivity index (χ1) is 8.91. The molecule has 1 aliphatic rings. The van der Waals surface area contributed by atoms with Crippen LogP contribution < -0.4 is 0 Å². The average molecular weight is 301 g/mol. The van der Waals surface area contributed by atoms with Gasteiger partial charge in [0.1, 0.15) is 6.04 Å². The first-order valence-corrected chi connectivity index (χ1v) is 7.13. The number of hydrogen-bond donors (Lipinski definition) is 1. The Bertz CT molecular complexity index is 538. The molecule has 0 bridgehead atoms. The van der Waals surface area contributed by atoms with Crippen LogP contribution >= 0.6 is 23.4 Å². The SMILES string of the molecule is Cc1cc(Cl)c(C(=O)N2C(C)SCC2C(=O)O)cn1. The summed E-state index contributed by atoms with van der Waals surface area (Å²) in [6.45, 7) is 3.58. The number of carboxylic acid groups (broad SMARTS) is 1. The van der Waals surface area contributed by atoms with Crippen LogP contribution in [0.4, 0.5) is 0 Å². The van der Waals surface area contributed by atoms with E-state index < -0.39 is 12.0 Å². The molecule has 1 aliphatic heterocycles. The van der Waals surface area contributed by atoms with E-state index in [1.807, 2.05) is 0 Å². The minimum absolute atomic E-state index is 0.189. The van der Waals surface area contributed by atoms with Crippen LogP contribution in [0.25, 0.3) is 0 Å². The molecule has 1 saturated heterocycles. The fourth-order valence-electron chi connectivity index (χ4n) is 1.96. The molecular weight excluding hydrogens is 288 g/mol. The zero-order chi connectivity index (χ0) is 14.2. The summed E-state index contributed by atoms with van der Waals surface area (Å²) in [6, 6.07) is 0.781. The van der Waals surface area contributed by atoms with Crippen molar-refractivity contribution in [1.29, 1.82) is 0 Å². The number of amides is 1. The summed E-state index contributed by atoms with van der Waals surface area (Å²) in [5, 5.41) is 9.26. The highest BCUT2D eigenvalue weighted by Crippen LogP contribution is 2.31. The van der Waals surface area contributed by atoms with Crippen molar-refractivity contribution in [2.75, 3.05) is 5.75 Å². The number of halogens is 1. The second-order valence-electron chi connectivity index (χ2n) is 4.30. The lowest BCUT2D eigenvalue weighted by Gasteiger charge is -2.25. The molecule has 102 valence electrons. The Hall–Kier alpha value is -1.27.